The summed E-state index contributed by atoms with van der Waals surface area (Å²) < 4.78 is 38.5. The molecule has 0 fully saturated rings. The van der Waals surface area contributed by atoms with Crippen molar-refractivity contribution >= 4 is 5.91 Å². The highest BCUT2D eigenvalue weighted by Gasteiger charge is 2.32. The molecule has 0 bridgehead atoms. The average Bonchev–Trinajstić information content (AvgIpc) is 2.97. The minimum absolute atomic E-state index is 0.00269. The number of halogens is 3. The molecule has 0 aliphatic heterocycles. The summed E-state index contributed by atoms with van der Waals surface area (Å²) >= 11 is 0. The maximum Gasteiger partial charge on any atom is 0.416 e. The molecule has 0 radical (unpaired) electrons. The Morgan fingerprint density at radius 3 is 2.73 bits per heavy atom. The van der Waals surface area contributed by atoms with Crippen LogP contribution in [0.5, 0.6) is 0 Å². The van der Waals surface area contributed by atoms with Gasteiger partial charge in [0, 0.05) is 24.9 Å². The zero-order valence-electron chi connectivity index (χ0n) is 11.5. The van der Waals surface area contributed by atoms with E-state index in [1.165, 1.54) is 30.7 Å². The lowest BCUT2D eigenvalue weighted by atomic mass is 10.1. The topological polar surface area (TPSA) is 83.8 Å². The Hall–Kier alpha value is -2.35. The van der Waals surface area contributed by atoms with Crippen LogP contribution >= 0.6 is 0 Å². The number of hydrogen-bond acceptors (Lipinski definition) is 3. The minimum Gasteiger partial charge on any atom is -0.351 e. The van der Waals surface area contributed by atoms with Crippen LogP contribution in [0.25, 0.3) is 0 Å². The van der Waals surface area contributed by atoms with Crippen molar-refractivity contribution < 1.29 is 18.0 Å². The predicted molar refractivity (Wildman–Crippen MR) is 73.6 cm³/mol. The SMILES string of the molecule is N[C@H](Cc1cnc[nH]1)C(=O)NCc1ccccc1C(F)(F)F. The van der Waals surface area contributed by atoms with Crippen LogP contribution in [0.1, 0.15) is 16.8 Å². The summed E-state index contributed by atoms with van der Waals surface area (Å²) in [6, 6.07) is 4.23. The number of nitrogens with zero attached hydrogens (tertiary/aromatic N) is 1. The number of benzene rings is 1. The highest BCUT2D eigenvalue weighted by Crippen LogP contribution is 2.31. The average molecular weight is 312 g/mol. The molecule has 0 aliphatic carbocycles. The van der Waals surface area contributed by atoms with Gasteiger partial charge >= 0.3 is 6.18 Å². The summed E-state index contributed by atoms with van der Waals surface area (Å²) in [5.74, 6) is -0.522. The van der Waals surface area contributed by atoms with E-state index in [0.717, 1.165) is 6.07 Å². The van der Waals surface area contributed by atoms with Gasteiger partial charge in [0.25, 0.3) is 0 Å². The van der Waals surface area contributed by atoms with Crippen LogP contribution in [0.15, 0.2) is 36.8 Å². The second-order valence-electron chi connectivity index (χ2n) is 4.76. The number of imidazole rings is 1. The van der Waals surface area contributed by atoms with Gasteiger partial charge in [-0.25, -0.2) is 4.98 Å². The number of carbonyl (C=O) groups is 1. The second kappa shape index (κ2) is 6.61. The Morgan fingerprint density at radius 1 is 1.36 bits per heavy atom. The van der Waals surface area contributed by atoms with Crippen LogP contribution in [-0.2, 0) is 23.9 Å². The highest BCUT2D eigenvalue weighted by atomic mass is 19.4. The number of hydrogen-bond donors (Lipinski definition) is 3. The number of alkyl halides is 3. The fourth-order valence-electron chi connectivity index (χ4n) is 1.99. The Balaban J connectivity index is 1.97. The van der Waals surface area contributed by atoms with Gasteiger partial charge in [0.2, 0.25) is 5.91 Å². The number of carbonyl (C=O) groups excluding carboxylic acids is 1. The van der Waals surface area contributed by atoms with Crippen molar-refractivity contribution in [1.82, 2.24) is 15.3 Å². The summed E-state index contributed by atoms with van der Waals surface area (Å²) in [5.41, 5.74) is 5.62. The number of rotatable bonds is 5. The van der Waals surface area contributed by atoms with E-state index in [1.807, 2.05) is 0 Å². The molecule has 1 atom stereocenters. The lowest BCUT2D eigenvalue weighted by Gasteiger charge is -2.15. The molecule has 8 heteroatoms. The van der Waals surface area contributed by atoms with Gasteiger partial charge in [-0.3, -0.25) is 4.79 Å². The standard InChI is InChI=1S/C14H15F3N4O/c15-14(16,17)11-4-2-1-3-9(11)6-20-13(22)12(18)5-10-7-19-8-21-10/h1-4,7-8,12H,5-6,18H2,(H,19,21)(H,20,22)/t12-/m1/s1. The molecular formula is C14H15F3N4O. The normalized spacial score (nSPS) is 12.9. The van der Waals surface area contributed by atoms with Crippen LogP contribution in [-0.4, -0.2) is 21.9 Å². The first-order chi connectivity index (χ1) is 10.4. The smallest absolute Gasteiger partial charge is 0.351 e. The summed E-state index contributed by atoms with van der Waals surface area (Å²) in [4.78, 5) is 18.5. The molecule has 0 saturated carbocycles. The molecule has 0 spiro atoms. The van der Waals surface area contributed by atoms with Crippen LogP contribution in [0.4, 0.5) is 13.2 Å². The van der Waals surface area contributed by atoms with Gasteiger partial charge in [-0.2, -0.15) is 13.2 Å². The molecule has 1 aromatic heterocycles. The molecule has 0 saturated heterocycles. The summed E-state index contributed by atoms with van der Waals surface area (Å²) in [6.07, 6.45) is -1.24. The molecule has 4 N–H and O–H groups in total. The molecule has 2 rings (SSSR count). The van der Waals surface area contributed by atoms with Gasteiger partial charge in [-0.05, 0) is 11.6 Å². The first kappa shape index (κ1) is 16.0. The molecule has 2 aromatic rings. The summed E-state index contributed by atoms with van der Waals surface area (Å²) in [7, 11) is 0. The number of nitrogens with two attached hydrogens (primary N) is 1. The third-order valence-corrected chi connectivity index (χ3v) is 3.11. The first-order valence-corrected chi connectivity index (χ1v) is 6.53. The highest BCUT2D eigenvalue weighted by molar-refractivity contribution is 5.81. The molecule has 118 valence electrons. The lowest BCUT2D eigenvalue weighted by molar-refractivity contribution is -0.138. The third-order valence-electron chi connectivity index (χ3n) is 3.11. The van der Waals surface area contributed by atoms with Gasteiger partial charge in [0.05, 0.1) is 17.9 Å². The maximum absolute atomic E-state index is 12.8. The van der Waals surface area contributed by atoms with E-state index in [2.05, 4.69) is 15.3 Å². The van der Waals surface area contributed by atoms with Crippen molar-refractivity contribution in [2.75, 3.05) is 0 Å². The Kier molecular flexibility index (Phi) is 4.81. The summed E-state index contributed by atoms with van der Waals surface area (Å²) in [6.45, 7) is -0.231. The third kappa shape index (κ3) is 4.08. The molecule has 1 aromatic carbocycles. The van der Waals surface area contributed by atoms with E-state index < -0.39 is 23.7 Å². The van der Waals surface area contributed by atoms with Crippen molar-refractivity contribution in [3.8, 4) is 0 Å². The van der Waals surface area contributed by atoms with Gasteiger partial charge in [0.1, 0.15) is 0 Å². The molecule has 1 amide bonds. The van der Waals surface area contributed by atoms with E-state index >= 15 is 0 Å². The fraction of sp³-hybridized carbons (Fsp3) is 0.286. The number of amides is 1. The van der Waals surface area contributed by atoms with E-state index in [1.54, 1.807) is 0 Å². The molecule has 0 unspecified atom stereocenters. The lowest BCUT2D eigenvalue weighted by Crippen LogP contribution is -2.42. The monoisotopic (exact) mass is 312 g/mol. The molecule has 1 heterocycles. The van der Waals surface area contributed by atoms with E-state index in [0.29, 0.717) is 5.69 Å². The van der Waals surface area contributed by atoms with Crippen LogP contribution in [0, 0.1) is 0 Å². The number of aromatic nitrogens is 2. The molecule has 22 heavy (non-hydrogen) atoms. The van der Waals surface area contributed by atoms with Crippen molar-refractivity contribution in [2.45, 2.75) is 25.2 Å². The largest absolute Gasteiger partial charge is 0.416 e. The van der Waals surface area contributed by atoms with Crippen molar-refractivity contribution in [1.29, 1.82) is 0 Å². The van der Waals surface area contributed by atoms with Crippen molar-refractivity contribution in [3.05, 3.63) is 53.6 Å². The Bertz CT molecular complexity index is 625. The van der Waals surface area contributed by atoms with Crippen LogP contribution in [0.3, 0.4) is 0 Å². The zero-order valence-corrected chi connectivity index (χ0v) is 11.5. The van der Waals surface area contributed by atoms with Gasteiger partial charge in [-0.1, -0.05) is 18.2 Å². The minimum atomic E-state index is -4.46. The van der Waals surface area contributed by atoms with E-state index in [-0.39, 0.29) is 18.5 Å². The second-order valence-corrected chi connectivity index (χ2v) is 4.76. The van der Waals surface area contributed by atoms with E-state index in [4.69, 9.17) is 5.73 Å². The Labute approximate surface area is 124 Å². The number of nitrogens with one attached hydrogen (secondary N) is 2. The number of H-pyrrole nitrogens is 1. The van der Waals surface area contributed by atoms with Gasteiger partial charge in [0.15, 0.2) is 0 Å². The predicted octanol–water partition coefficient (Wildman–Crippen LogP) is 1.61. The Morgan fingerprint density at radius 2 is 2.09 bits per heavy atom. The zero-order chi connectivity index (χ0) is 16.2. The summed E-state index contributed by atoms with van der Waals surface area (Å²) in [5, 5.41) is 2.43. The maximum atomic E-state index is 12.8. The van der Waals surface area contributed by atoms with Crippen LogP contribution in [0.2, 0.25) is 0 Å². The van der Waals surface area contributed by atoms with Crippen molar-refractivity contribution in [2.24, 2.45) is 5.73 Å². The number of aromatic amines is 1. The van der Waals surface area contributed by atoms with E-state index in [9.17, 15) is 18.0 Å². The first-order valence-electron chi connectivity index (χ1n) is 6.53. The quantitative estimate of drug-likeness (QED) is 0.784. The molecular weight excluding hydrogens is 297 g/mol. The fourth-order valence-corrected chi connectivity index (χ4v) is 1.99. The van der Waals surface area contributed by atoms with Gasteiger partial charge in [-0.15, -0.1) is 0 Å². The van der Waals surface area contributed by atoms with Crippen molar-refractivity contribution in [3.63, 3.8) is 0 Å². The van der Waals surface area contributed by atoms with Gasteiger partial charge < -0.3 is 16.0 Å². The molecule has 5 nitrogen and oxygen atoms in total. The van der Waals surface area contributed by atoms with Crippen LogP contribution < -0.4 is 11.1 Å². The molecule has 0 aliphatic rings.